The van der Waals surface area contributed by atoms with Crippen LogP contribution in [0.15, 0.2) is 30.5 Å². The second-order valence-corrected chi connectivity index (χ2v) is 5.12. The Morgan fingerprint density at radius 3 is 2.90 bits per heavy atom. The number of pyridine rings is 1. The highest BCUT2D eigenvalue weighted by atomic mass is 35.5. The fourth-order valence-corrected chi connectivity index (χ4v) is 2.32. The van der Waals surface area contributed by atoms with Crippen molar-refractivity contribution in [3.8, 4) is 5.75 Å². The molecule has 0 saturated carbocycles. The maximum absolute atomic E-state index is 11.8. The number of carbonyl (C=O) groups is 1. The topological polar surface area (TPSA) is 48.4 Å². The third kappa shape index (κ3) is 3.64. The zero-order valence-electron chi connectivity index (χ0n) is 12.1. The van der Waals surface area contributed by atoms with Crippen molar-refractivity contribution in [3.63, 3.8) is 0 Å². The fourth-order valence-electron chi connectivity index (χ4n) is 2.11. The van der Waals surface area contributed by atoms with Crippen LogP contribution in [0.5, 0.6) is 5.75 Å². The number of unbranched alkanes of at least 4 members (excludes halogenated alkanes) is 1. The Bertz CT molecular complexity index is 630. The number of esters is 1. The number of nitrogens with zero attached hydrogens (tertiary/aromatic N) is 1. The summed E-state index contributed by atoms with van der Waals surface area (Å²) in [4.78, 5) is 16.1. The summed E-state index contributed by atoms with van der Waals surface area (Å²) in [6, 6.07) is 7.16. The number of hydrogen-bond donors (Lipinski definition) is 0. The third-order valence-corrected chi connectivity index (χ3v) is 3.56. The van der Waals surface area contributed by atoms with E-state index in [1.807, 2.05) is 12.1 Å². The molecular weight excluding hydrogens is 290 g/mol. The largest absolute Gasteiger partial charge is 0.476 e. The number of benzene rings is 1. The van der Waals surface area contributed by atoms with Crippen molar-refractivity contribution >= 4 is 28.5 Å². The molecule has 0 fully saturated rings. The summed E-state index contributed by atoms with van der Waals surface area (Å²) in [5.41, 5.74) is 0.649. The minimum atomic E-state index is -0.624. The van der Waals surface area contributed by atoms with Gasteiger partial charge in [-0.1, -0.05) is 24.9 Å². The first-order valence-electron chi connectivity index (χ1n) is 6.95. The monoisotopic (exact) mass is 307 g/mol. The molecule has 1 aromatic carbocycles. The predicted molar refractivity (Wildman–Crippen MR) is 82.7 cm³/mol. The molecule has 1 unspecified atom stereocenters. The van der Waals surface area contributed by atoms with Crippen molar-refractivity contribution in [2.24, 2.45) is 0 Å². The second kappa shape index (κ2) is 7.27. The van der Waals surface area contributed by atoms with Gasteiger partial charge in [-0.25, -0.2) is 4.79 Å². The lowest BCUT2D eigenvalue weighted by Crippen LogP contribution is -2.28. The molecule has 2 rings (SSSR count). The van der Waals surface area contributed by atoms with Gasteiger partial charge in [-0.15, -0.1) is 0 Å². The van der Waals surface area contributed by atoms with E-state index in [0.29, 0.717) is 22.7 Å². The van der Waals surface area contributed by atoms with Crippen molar-refractivity contribution in [3.05, 3.63) is 35.5 Å². The van der Waals surface area contributed by atoms with E-state index in [-0.39, 0.29) is 5.97 Å². The van der Waals surface area contributed by atoms with Crippen LogP contribution in [0.3, 0.4) is 0 Å². The molecule has 0 N–H and O–H groups in total. The maximum atomic E-state index is 11.8. The van der Waals surface area contributed by atoms with Crippen LogP contribution >= 0.6 is 11.6 Å². The van der Waals surface area contributed by atoms with Crippen molar-refractivity contribution < 1.29 is 14.3 Å². The fraction of sp³-hybridized carbons (Fsp3) is 0.375. The Labute approximate surface area is 129 Å². The van der Waals surface area contributed by atoms with E-state index < -0.39 is 6.10 Å². The molecule has 0 radical (unpaired) electrons. The molecule has 1 heterocycles. The lowest BCUT2D eigenvalue weighted by Gasteiger charge is -2.17. The van der Waals surface area contributed by atoms with E-state index in [9.17, 15) is 4.79 Å². The van der Waals surface area contributed by atoms with Crippen LogP contribution in [-0.2, 0) is 9.53 Å². The van der Waals surface area contributed by atoms with Gasteiger partial charge in [0, 0.05) is 11.6 Å². The third-order valence-electron chi connectivity index (χ3n) is 3.23. The molecule has 0 aliphatic heterocycles. The Morgan fingerprint density at radius 1 is 1.38 bits per heavy atom. The number of carbonyl (C=O) groups excluding carboxylic acids is 1. The van der Waals surface area contributed by atoms with Gasteiger partial charge in [0.1, 0.15) is 11.3 Å². The maximum Gasteiger partial charge on any atom is 0.347 e. The molecule has 21 heavy (non-hydrogen) atoms. The molecule has 0 aliphatic carbocycles. The molecule has 0 aliphatic rings. The van der Waals surface area contributed by atoms with Gasteiger partial charge < -0.3 is 9.47 Å². The lowest BCUT2D eigenvalue weighted by molar-refractivity contribution is -0.149. The first kappa shape index (κ1) is 15.6. The van der Waals surface area contributed by atoms with Gasteiger partial charge in [0.25, 0.3) is 0 Å². The highest BCUT2D eigenvalue weighted by Crippen LogP contribution is 2.30. The smallest absolute Gasteiger partial charge is 0.347 e. The highest BCUT2D eigenvalue weighted by molar-refractivity contribution is 6.35. The summed E-state index contributed by atoms with van der Waals surface area (Å²) < 4.78 is 10.6. The summed E-state index contributed by atoms with van der Waals surface area (Å²) in [5.74, 6) is 0.170. The van der Waals surface area contributed by atoms with Crippen LogP contribution < -0.4 is 4.74 Å². The first-order chi connectivity index (χ1) is 10.2. The Kier molecular flexibility index (Phi) is 5.39. The van der Waals surface area contributed by atoms with Crippen LogP contribution in [0.1, 0.15) is 26.2 Å². The van der Waals surface area contributed by atoms with Gasteiger partial charge in [0.2, 0.25) is 0 Å². The Morgan fingerprint density at radius 2 is 2.19 bits per heavy atom. The van der Waals surface area contributed by atoms with Gasteiger partial charge in [0.15, 0.2) is 6.10 Å². The zero-order valence-corrected chi connectivity index (χ0v) is 12.9. The summed E-state index contributed by atoms with van der Waals surface area (Å²) in [6.45, 7) is 2.06. The van der Waals surface area contributed by atoms with E-state index in [1.54, 1.807) is 18.3 Å². The van der Waals surface area contributed by atoms with E-state index in [1.165, 1.54) is 7.11 Å². The number of rotatable bonds is 6. The second-order valence-electron chi connectivity index (χ2n) is 4.72. The van der Waals surface area contributed by atoms with Crippen LogP contribution in [0.25, 0.3) is 10.9 Å². The number of halogens is 1. The molecule has 4 nitrogen and oxygen atoms in total. The van der Waals surface area contributed by atoms with Crippen LogP contribution in [0.4, 0.5) is 0 Å². The SMILES string of the molecule is CCCCC(Oc1ccc(Cl)c2cccnc12)C(=O)OC. The van der Waals surface area contributed by atoms with E-state index in [2.05, 4.69) is 11.9 Å². The molecule has 0 spiro atoms. The zero-order chi connectivity index (χ0) is 15.2. The Hall–Kier alpha value is -1.81. The van der Waals surface area contributed by atoms with E-state index in [4.69, 9.17) is 21.1 Å². The number of fused-ring (bicyclic) bond motifs is 1. The lowest BCUT2D eigenvalue weighted by atomic mass is 10.1. The molecule has 2 aromatic rings. The molecule has 112 valence electrons. The van der Waals surface area contributed by atoms with Crippen molar-refractivity contribution in [1.82, 2.24) is 4.98 Å². The molecular formula is C16H18ClNO3. The van der Waals surface area contributed by atoms with Crippen molar-refractivity contribution in [1.29, 1.82) is 0 Å². The number of methoxy groups -OCH3 is 1. The standard InChI is InChI=1S/C16H18ClNO3/c1-3-4-7-14(16(19)20-2)21-13-9-8-12(17)11-6-5-10-18-15(11)13/h5-6,8-10,14H,3-4,7H2,1-2H3. The van der Waals surface area contributed by atoms with Crippen LogP contribution in [0.2, 0.25) is 5.02 Å². The summed E-state index contributed by atoms with van der Waals surface area (Å²) in [7, 11) is 1.36. The normalized spacial score (nSPS) is 12.1. The van der Waals surface area contributed by atoms with E-state index in [0.717, 1.165) is 18.2 Å². The molecule has 5 heteroatoms. The predicted octanol–water partition coefficient (Wildman–Crippen LogP) is 4.00. The van der Waals surface area contributed by atoms with Gasteiger partial charge in [-0.05, 0) is 37.1 Å². The minimum Gasteiger partial charge on any atom is -0.476 e. The van der Waals surface area contributed by atoms with E-state index >= 15 is 0 Å². The molecule has 1 aromatic heterocycles. The minimum absolute atomic E-state index is 0.373. The van der Waals surface area contributed by atoms with Gasteiger partial charge in [-0.2, -0.15) is 0 Å². The Balaban J connectivity index is 2.32. The molecule has 1 atom stereocenters. The summed E-state index contributed by atoms with van der Waals surface area (Å²) in [5, 5.41) is 1.41. The summed E-state index contributed by atoms with van der Waals surface area (Å²) in [6.07, 6.45) is 3.53. The average Bonchev–Trinajstić information content (AvgIpc) is 2.53. The quantitative estimate of drug-likeness (QED) is 0.757. The van der Waals surface area contributed by atoms with Crippen molar-refractivity contribution in [2.75, 3.05) is 7.11 Å². The van der Waals surface area contributed by atoms with Crippen LogP contribution in [-0.4, -0.2) is 24.2 Å². The number of ether oxygens (including phenoxy) is 2. The van der Waals surface area contributed by atoms with Crippen molar-refractivity contribution in [2.45, 2.75) is 32.3 Å². The number of aromatic nitrogens is 1. The number of hydrogen-bond acceptors (Lipinski definition) is 4. The van der Waals surface area contributed by atoms with Gasteiger partial charge in [-0.3, -0.25) is 4.98 Å². The first-order valence-corrected chi connectivity index (χ1v) is 7.33. The molecule has 0 amide bonds. The molecule has 0 bridgehead atoms. The van der Waals surface area contributed by atoms with Gasteiger partial charge >= 0.3 is 5.97 Å². The highest BCUT2D eigenvalue weighted by Gasteiger charge is 2.22. The van der Waals surface area contributed by atoms with Gasteiger partial charge in [0.05, 0.1) is 12.1 Å². The molecule has 0 saturated heterocycles. The van der Waals surface area contributed by atoms with Crippen LogP contribution in [0, 0.1) is 0 Å². The average molecular weight is 308 g/mol. The summed E-state index contributed by atoms with van der Waals surface area (Å²) >= 11 is 6.15.